The van der Waals surface area contributed by atoms with Crippen LogP contribution in [0.1, 0.15) is 22.2 Å². The molecule has 1 aliphatic rings. The molecule has 0 aliphatic carbocycles. The van der Waals surface area contributed by atoms with Crippen LogP contribution in [-0.2, 0) is 11.3 Å². The first-order chi connectivity index (χ1) is 11.5. The fourth-order valence-corrected chi connectivity index (χ4v) is 3.13. The van der Waals surface area contributed by atoms with Crippen LogP contribution < -0.4 is 5.32 Å². The second kappa shape index (κ2) is 8.87. The van der Waals surface area contributed by atoms with Crippen molar-refractivity contribution in [2.75, 3.05) is 19.7 Å². The molecule has 2 atom stereocenters. The van der Waals surface area contributed by atoms with Gasteiger partial charge in [0.1, 0.15) is 0 Å². The lowest BCUT2D eigenvalue weighted by molar-refractivity contribution is 0.0242. The monoisotopic (exact) mass is 405 g/mol. The average molecular weight is 407 g/mol. The van der Waals surface area contributed by atoms with E-state index in [2.05, 4.69) is 10.4 Å². The molecule has 1 aliphatic heterocycles. The van der Waals surface area contributed by atoms with Gasteiger partial charge in [0.15, 0.2) is 5.69 Å². The predicted octanol–water partition coefficient (Wildman–Crippen LogP) is 3.29. The Hall–Kier alpha value is -1.31. The van der Waals surface area contributed by atoms with E-state index >= 15 is 0 Å². The largest absolute Gasteiger partial charge is 0.476 e. The molecule has 3 rings (SSSR count). The maximum atomic E-state index is 11.0. The van der Waals surface area contributed by atoms with Crippen LogP contribution in [0.4, 0.5) is 0 Å². The molecule has 2 heterocycles. The van der Waals surface area contributed by atoms with Gasteiger partial charge in [-0.3, -0.25) is 4.68 Å². The van der Waals surface area contributed by atoms with Crippen LogP contribution in [0.2, 0.25) is 10.0 Å². The number of hydrogen-bond acceptors (Lipinski definition) is 4. The number of benzene rings is 1. The molecule has 0 unspecified atom stereocenters. The summed E-state index contributed by atoms with van der Waals surface area (Å²) in [6.45, 7) is 2.60. The summed E-state index contributed by atoms with van der Waals surface area (Å²) in [7, 11) is 0. The van der Waals surface area contributed by atoms with Crippen molar-refractivity contribution in [2.24, 2.45) is 5.92 Å². The zero-order valence-electron chi connectivity index (χ0n) is 13.2. The number of rotatable bonds is 4. The summed E-state index contributed by atoms with van der Waals surface area (Å²) in [6.07, 6.45) is 1.49. The quantitative estimate of drug-likeness (QED) is 0.815. The van der Waals surface area contributed by atoms with Gasteiger partial charge >= 0.3 is 5.97 Å². The number of nitrogens with zero attached hydrogens (tertiary/aromatic N) is 2. The Bertz CT molecular complexity index is 738. The first-order valence-electron chi connectivity index (χ1n) is 7.58. The van der Waals surface area contributed by atoms with Crippen molar-refractivity contribution in [3.8, 4) is 0 Å². The molecule has 136 valence electrons. The molecule has 0 spiro atoms. The summed E-state index contributed by atoms with van der Waals surface area (Å²) >= 11 is 12.1. The molecule has 9 heteroatoms. The zero-order chi connectivity index (χ0) is 17.1. The maximum Gasteiger partial charge on any atom is 0.356 e. The molecule has 0 bridgehead atoms. The van der Waals surface area contributed by atoms with Gasteiger partial charge in [-0.25, -0.2) is 4.79 Å². The molecular formula is C16H18Cl3N3O3. The lowest BCUT2D eigenvalue weighted by Crippen LogP contribution is -2.28. The van der Waals surface area contributed by atoms with Crippen molar-refractivity contribution in [1.29, 1.82) is 0 Å². The van der Waals surface area contributed by atoms with Crippen molar-refractivity contribution >= 4 is 41.6 Å². The van der Waals surface area contributed by atoms with Gasteiger partial charge in [0, 0.05) is 31.7 Å². The fraction of sp³-hybridized carbons (Fsp3) is 0.375. The smallest absolute Gasteiger partial charge is 0.356 e. The van der Waals surface area contributed by atoms with Gasteiger partial charge in [0.25, 0.3) is 0 Å². The molecular weight excluding hydrogens is 389 g/mol. The number of hydrogen-bond donors (Lipinski definition) is 2. The van der Waals surface area contributed by atoms with Gasteiger partial charge in [-0.2, -0.15) is 5.10 Å². The van der Waals surface area contributed by atoms with E-state index in [0.29, 0.717) is 23.2 Å². The minimum Gasteiger partial charge on any atom is -0.476 e. The second-order valence-electron chi connectivity index (χ2n) is 5.66. The second-order valence-corrected chi connectivity index (χ2v) is 6.47. The summed E-state index contributed by atoms with van der Waals surface area (Å²) in [5, 5.41) is 17.4. The van der Waals surface area contributed by atoms with Gasteiger partial charge < -0.3 is 15.2 Å². The van der Waals surface area contributed by atoms with Gasteiger partial charge in [-0.15, -0.1) is 12.4 Å². The van der Waals surface area contributed by atoms with E-state index < -0.39 is 5.97 Å². The highest BCUT2D eigenvalue weighted by Gasteiger charge is 2.27. The Morgan fingerprint density at radius 3 is 2.84 bits per heavy atom. The van der Waals surface area contributed by atoms with E-state index in [4.69, 9.17) is 33.0 Å². The molecule has 1 saturated heterocycles. The molecule has 0 amide bonds. The van der Waals surface area contributed by atoms with Crippen molar-refractivity contribution in [3.05, 3.63) is 51.8 Å². The summed E-state index contributed by atoms with van der Waals surface area (Å²) < 4.78 is 7.64. The van der Waals surface area contributed by atoms with E-state index in [0.717, 1.165) is 18.7 Å². The van der Waals surface area contributed by atoms with Gasteiger partial charge in [-0.05, 0) is 23.8 Å². The third-order valence-electron chi connectivity index (χ3n) is 3.96. The minimum absolute atomic E-state index is 0. The Morgan fingerprint density at radius 1 is 1.36 bits per heavy atom. The Morgan fingerprint density at radius 2 is 2.16 bits per heavy atom. The summed E-state index contributed by atoms with van der Waals surface area (Å²) in [5.41, 5.74) is 0.979. The number of aromatic nitrogens is 2. The van der Waals surface area contributed by atoms with E-state index in [1.165, 1.54) is 6.07 Å². The van der Waals surface area contributed by atoms with Gasteiger partial charge in [0.05, 0.1) is 22.8 Å². The zero-order valence-corrected chi connectivity index (χ0v) is 15.5. The van der Waals surface area contributed by atoms with Crippen LogP contribution in [-0.4, -0.2) is 40.6 Å². The first-order valence-corrected chi connectivity index (χ1v) is 8.34. The Labute approximate surface area is 161 Å². The molecule has 2 aromatic rings. The number of halogens is 3. The number of nitrogens with one attached hydrogen (secondary N) is 1. The lowest BCUT2D eigenvalue weighted by Gasteiger charge is -2.25. The number of carboxylic acids is 1. The summed E-state index contributed by atoms with van der Waals surface area (Å²) in [4.78, 5) is 11.0. The molecule has 25 heavy (non-hydrogen) atoms. The van der Waals surface area contributed by atoms with Crippen LogP contribution in [0.5, 0.6) is 0 Å². The number of carboxylic acid groups (broad SMARTS) is 1. The SMILES string of the molecule is Cl.O=C(O)c1ccn(C[C@@H]2CNCCO[C@H]2c2ccc(Cl)c(Cl)c2)n1. The van der Waals surface area contributed by atoms with E-state index in [9.17, 15) is 4.79 Å². The Kier molecular flexibility index (Phi) is 7.10. The molecule has 2 N–H and O–H groups in total. The van der Waals surface area contributed by atoms with Crippen LogP contribution >= 0.6 is 35.6 Å². The van der Waals surface area contributed by atoms with E-state index in [-0.39, 0.29) is 30.1 Å². The van der Waals surface area contributed by atoms with Gasteiger partial charge in [0.2, 0.25) is 0 Å². The van der Waals surface area contributed by atoms with Crippen LogP contribution in [0.25, 0.3) is 0 Å². The van der Waals surface area contributed by atoms with Crippen molar-refractivity contribution < 1.29 is 14.6 Å². The normalized spacial score (nSPS) is 20.6. The highest BCUT2D eigenvalue weighted by atomic mass is 35.5. The van der Waals surface area contributed by atoms with E-state index in [1.807, 2.05) is 12.1 Å². The summed E-state index contributed by atoms with van der Waals surface area (Å²) in [5.74, 6) is -0.962. The number of ether oxygens (including phenoxy) is 1. The van der Waals surface area contributed by atoms with Gasteiger partial charge in [-0.1, -0.05) is 29.3 Å². The maximum absolute atomic E-state index is 11.0. The molecule has 1 aromatic carbocycles. The lowest BCUT2D eigenvalue weighted by atomic mass is 9.95. The minimum atomic E-state index is -1.04. The number of aromatic carboxylic acids is 1. The Balaban J connectivity index is 0.00000225. The molecule has 1 fully saturated rings. The predicted molar refractivity (Wildman–Crippen MR) is 97.9 cm³/mol. The topological polar surface area (TPSA) is 76.4 Å². The van der Waals surface area contributed by atoms with Crippen LogP contribution in [0, 0.1) is 5.92 Å². The molecule has 6 nitrogen and oxygen atoms in total. The standard InChI is InChI=1S/C16H17Cl2N3O3.ClH/c17-12-2-1-10(7-13(12)18)15-11(8-19-4-6-24-15)9-21-5-3-14(20-21)16(22)23;/h1-3,5,7,11,15,19H,4,6,8-9H2,(H,22,23);1H/t11-,15-;/m0./s1. The highest BCUT2D eigenvalue weighted by Crippen LogP contribution is 2.32. The van der Waals surface area contributed by atoms with Crippen LogP contribution in [0.3, 0.4) is 0 Å². The molecule has 0 radical (unpaired) electrons. The van der Waals surface area contributed by atoms with Crippen molar-refractivity contribution in [3.63, 3.8) is 0 Å². The summed E-state index contributed by atoms with van der Waals surface area (Å²) in [6, 6.07) is 6.97. The third-order valence-corrected chi connectivity index (χ3v) is 4.70. The number of carbonyl (C=O) groups is 1. The average Bonchev–Trinajstić information content (AvgIpc) is 2.90. The third kappa shape index (κ3) is 4.86. The molecule has 1 aromatic heterocycles. The van der Waals surface area contributed by atoms with Crippen molar-refractivity contribution in [2.45, 2.75) is 12.6 Å². The fourth-order valence-electron chi connectivity index (χ4n) is 2.82. The van der Waals surface area contributed by atoms with E-state index in [1.54, 1.807) is 16.9 Å². The molecule has 0 saturated carbocycles. The first kappa shape index (κ1) is 20.0. The highest BCUT2D eigenvalue weighted by molar-refractivity contribution is 6.42. The van der Waals surface area contributed by atoms with Crippen LogP contribution in [0.15, 0.2) is 30.5 Å². The van der Waals surface area contributed by atoms with Crippen molar-refractivity contribution in [1.82, 2.24) is 15.1 Å².